The number of rotatable bonds is 9. The molecule has 1 unspecified atom stereocenters. The number of benzene rings is 2. The number of hydrogen-bond donors (Lipinski definition) is 2. The lowest BCUT2D eigenvalue weighted by atomic mass is 10.1. The van der Waals surface area contributed by atoms with E-state index in [9.17, 15) is 28.8 Å². The molecule has 0 aliphatic heterocycles. The number of amides is 1. The summed E-state index contributed by atoms with van der Waals surface area (Å²) in [7, 11) is 1.31. The molecule has 0 radical (unpaired) electrons. The van der Waals surface area contributed by atoms with Crippen LogP contribution in [0.25, 0.3) is 0 Å². The molecule has 1 aromatic heterocycles. The van der Waals surface area contributed by atoms with Crippen LogP contribution in [-0.4, -0.2) is 34.6 Å². The van der Waals surface area contributed by atoms with Gasteiger partial charge in [0.25, 0.3) is 11.6 Å². The third-order valence-electron chi connectivity index (χ3n) is 4.37. The van der Waals surface area contributed by atoms with Crippen molar-refractivity contribution in [2.24, 2.45) is 0 Å². The molecule has 0 bridgehead atoms. The number of aliphatic hydroxyl groups is 1. The van der Waals surface area contributed by atoms with Crippen LogP contribution in [0.2, 0.25) is 0 Å². The van der Waals surface area contributed by atoms with E-state index >= 15 is 0 Å². The summed E-state index contributed by atoms with van der Waals surface area (Å²) in [6, 6.07) is 5.01. The number of nitro benzene ring substituents is 1. The minimum absolute atomic E-state index is 0.0297. The summed E-state index contributed by atoms with van der Waals surface area (Å²) in [4.78, 5) is 27.4. The van der Waals surface area contributed by atoms with E-state index in [1.807, 2.05) is 0 Å². The number of thiazole rings is 1. The molecule has 3 rings (SSSR count). The first-order valence-corrected chi connectivity index (χ1v) is 10.0. The Kier molecular flexibility index (Phi) is 7.28. The van der Waals surface area contributed by atoms with Gasteiger partial charge in [0.15, 0.2) is 23.1 Å². The fourth-order valence-corrected chi connectivity index (χ4v) is 3.28. The third-order valence-corrected chi connectivity index (χ3v) is 5.00. The fraction of sp³-hybridized carbons (Fsp3) is 0.200. The Morgan fingerprint density at radius 2 is 2.06 bits per heavy atom. The van der Waals surface area contributed by atoms with Gasteiger partial charge in [0.2, 0.25) is 0 Å². The van der Waals surface area contributed by atoms with Crippen LogP contribution in [-0.2, 0) is 6.61 Å². The Morgan fingerprint density at radius 3 is 2.69 bits per heavy atom. The van der Waals surface area contributed by atoms with Crippen molar-refractivity contribution in [1.29, 1.82) is 0 Å². The van der Waals surface area contributed by atoms with Crippen LogP contribution in [0, 0.1) is 21.7 Å². The predicted molar refractivity (Wildman–Crippen MR) is 110 cm³/mol. The Labute approximate surface area is 184 Å². The monoisotopic (exact) mass is 465 g/mol. The van der Waals surface area contributed by atoms with Crippen LogP contribution in [0.1, 0.15) is 27.7 Å². The summed E-state index contributed by atoms with van der Waals surface area (Å²) in [5.74, 6) is -2.98. The number of ether oxygens (including phenoxy) is 2. The SMILES string of the molecule is COc1cc(C(=O)NCC(O)c2ccc(F)c(F)c2)c([N+](=O)[O-])cc1OCc1cscn1. The van der Waals surface area contributed by atoms with Crippen LogP contribution < -0.4 is 14.8 Å². The Bertz CT molecular complexity index is 1130. The maximum absolute atomic E-state index is 13.3. The van der Waals surface area contributed by atoms with Gasteiger partial charge in [-0.3, -0.25) is 14.9 Å². The number of methoxy groups -OCH3 is 1. The molecule has 0 aliphatic carbocycles. The average molecular weight is 465 g/mol. The van der Waals surface area contributed by atoms with Crippen LogP contribution in [0.4, 0.5) is 14.5 Å². The van der Waals surface area contributed by atoms with Gasteiger partial charge in [0, 0.05) is 18.0 Å². The maximum atomic E-state index is 13.3. The van der Waals surface area contributed by atoms with E-state index in [2.05, 4.69) is 10.3 Å². The second-order valence-corrected chi connectivity index (χ2v) is 7.16. The molecule has 9 nitrogen and oxygen atoms in total. The summed E-state index contributed by atoms with van der Waals surface area (Å²) in [6.45, 7) is -0.353. The smallest absolute Gasteiger partial charge is 0.286 e. The highest BCUT2D eigenvalue weighted by molar-refractivity contribution is 7.07. The molecule has 168 valence electrons. The molecule has 12 heteroatoms. The van der Waals surface area contributed by atoms with E-state index in [4.69, 9.17) is 9.47 Å². The van der Waals surface area contributed by atoms with Gasteiger partial charge in [-0.1, -0.05) is 6.07 Å². The molecule has 0 fully saturated rings. The minimum Gasteiger partial charge on any atom is -0.493 e. The molecule has 0 spiro atoms. The van der Waals surface area contributed by atoms with E-state index in [1.54, 1.807) is 10.9 Å². The molecule has 1 amide bonds. The fourth-order valence-electron chi connectivity index (χ4n) is 2.74. The lowest BCUT2D eigenvalue weighted by molar-refractivity contribution is -0.385. The summed E-state index contributed by atoms with van der Waals surface area (Å²) >= 11 is 1.36. The van der Waals surface area contributed by atoms with Crippen molar-refractivity contribution in [3.05, 3.63) is 79.8 Å². The number of aromatic nitrogens is 1. The number of carbonyl (C=O) groups excluding carboxylic acids is 1. The van der Waals surface area contributed by atoms with Crippen LogP contribution >= 0.6 is 11.3 Å². The zero-order chi connectivity index (χ0) is 23.3. The van der Waals surface area contributed by atoms with Gasteiger partial charge >= 0.3 is 0 Å². The number of halogens is 2. The molecule has 2 N–H and O–H groups in total. The number of carbonyl (C=O) groups is 1. The molecule has 0 aliphatic rings. The minimum atomic E-state index is -1.37. The normalized spacial score (nSPS) is 11.6. The van der Waals surface area contributed by atoms with Crippen molar-refractivity contribution in [3.8, 4) is 11.5 Å². The largest absolute Gasteiger partial charge is 0.493 e. The second-order valence-electron chi connectivity index (χ2n) is 6.45. The lowest BCUT2D eigenvalue weighted by Crippen LogP contribution is -2.29. The Morgan fingerprint density at radius 1 is 1.28 bits per heavy atom. The molecule has 0 saturated carbocycles. The molecule has 2 aromatic carbocycles. The molecule has 3 aromatic rings. The standard InChI is InChI=1S/C20H17F2N3O6S/c1-30-18-5-13(16(25(28)29)6-19(18)31-8-12-9-32-10-24-12)20(27)23-7-17(26)11-2-3-14(21)15(22)4-11/h2-6,9-10,17,26H,7-8H2,1H3,(H,23,27). The average Bonchev–Trinajstić information content (AvgIpc) is 3.30. The van der Waals surface area contributed by atoms with Crippen LogP contribution in [0.3, 0.4) is 0 Å². The second kappa shape index (κ2) is 10.1. The number of hydrogen-bond acceptors (Lipinski definition) is 8. The van der Waals surface area contributed by atoms with Crippen molar-refractivity contribution in [3.63, 3.8) is 0 Å². The van der Waals surface area contributed by atoms with Gasteiger partial charge in [-0.05, 0) is 17.7 Å². The first kappa shape index (κ1) is 23.0. The summed E-state index contributed by atoms with van der Waals surface area (Å²) in [5.41, 5.74) is 1.39. The zero-order valence-electron chi connectivity index (χ0n) is 16.6. The predicted octanol–water partition coefficient (Wildman–Crippen LogP) is 3.38. The van der Waals surface area contributed by atoms with Crippen molar-refractivity contribution in [1.82, 2.24) is 10.3 Å². The van der Waals surface area contributed by atoms with Gasteiger partial charge in [0.1, 0.15) is 12.2 Å². The molecule has 32 heavy (non-hydrogen) atoms. The molecular formula is C20H17F2N3O6S. The van der Waals surface area contributed by atoms with Gasteiger partial charge in [-0.25, -0.2) is 13.8 Å². The van der Waals surface area contributed by atoms with Crippen molar-refractivity contribution < 1.29 is 33.1 Å². The molecule has 1 heterocycles. The summed E-state index contributed by atoms with van der Waals surface area (Å²) in [5, 5.41) is 25.7. The van der Waals surface area contributed by atoms with Gasteiger partial charge in [-0.15, -0.1) is 11.3 Å². The molecule has 0 saturated heterocycles. The Balaban J connectivity index is 1.78. The first-order chi connectivity index (χ1) is 15.3. The quantitative estimate of drug-likeness (QED) is 0.367. The van der Waals surface area contributed by atoms with Gasteiger partial charge < -0.3 is 19.9 Å². The van der Waals surface area contributed by atoms with Gasteiger partial charge in [-0.2, -0.15) is 0 Å². The number of aliphatic hydroxyl groups excluding tert-OH is 1. The number of nitro groups is 1. The van der Waals surface area contributed by atoms with Gasteiger partial charge in [0.05, 0.1) is 35.4 Å². The highest BCUT2D eigenvalue weighted by Crippen LogP contribution is 2.35. The van der Waals surface area contributed by atoms with E-state index in [0.29, 0.717) is 5.69 Å². The van der Waals surface area contributed by atoms with Crippen LogP contribution in [0.5, 0.6) is 11.5 Å². The highest BCUT2D eigenvalue weighted by atomic mass is 32.1. The Hall–Kier alpha value is -3.64. The third kappa shape index (κ3) is 5.34. The van der Waals surface area contributed by atoms with Crippen molar-refractivity contribution in [2.75, 3.05) is 13.7 Å². The zero-order valence-corrected chi connectivity index (χ0v) is 17.4. The maximum Gasteiger partial charge on any atom is 0.286 e. The topological polar surface area (TPSA) is 124 Å². The number of nitrogens with one attached hydrogen (secondary N) is 1. The van der Waals surface area contributed by atoms with Crippen molar-refractivity contribution in [2.45, 2.75) is 12.7 Å². The van der Waals surface area contributed by atoms with E-state index in [0.717, 1.165) is 30.3 Å². The number of nitrogens with zero attached hydrogens (tertiary/aromatic N) is 2. The summed E-state index contributed by atoms with van der Waals surface area (Å²) in [6.07, 6.45) is -1.37. The first-order valence-electron chi connectivity index (χ1n) is 9.07. The van der Waals surface area contributed by atoms with E-state index in [1.165, 1.54) is 18.4 Å². The molecule has 1 atom stereocenters. The van der Waals surface area contributed by atoms with Crippen LogP contribution in [0.15, 0.2) is 41.2 Å². The highest BCUT2D eigenvalue weighted by Gasteiger charge is 2.25. The lowest BCUT2D eigenvalue weighted by Gasteiger charge is -2.14. The molecular weight excluding hydrogens is 448 g/mol. The van der Waals surface area contributed by atoms with Crippen molar-refractivity contribution >= 4 is 22.9 Å². The summed E-state index contributed by atoms with van der Waals surface area (Å²) < 4.78 is 37.1. The van der Waals surface area contributed by atoms with E-state index in [-0.39, 0.29) is 29.2 Å². The van der Waals surface area contributed by atoms with E-state index < -0.39 is 40.8 Å².